The minimum Gasteiger partial charge on any atom is -0.466 e. The summed E-state index contributed by atoms with van der Waals surface area (Å²) >= 11 is 0. The van der Waals surface area contributed by atoms with E-state index in [0.29, 0.717) is 24.6 Å². The van der Waals surface area contributed by atoms with Crippen molar-refractivity contribution in [3.63, 3.8) is 0 Å². The second kappa shape index (κ2) is 7.13. The number of benzene rings is 1. The first-order valence-electron chi connectivity index (χ1n) is 8.15. The fraction of sp³-hybridized carbons (Fsp3) is 0.316. The maximum atomic E-state index is 12.7. The zero-order valence-corrected chi connectivity index (χ0v) is 14.4. The summed E-state index contributed by atoms with van der Waals surface area (Å²) in [5, 5.41) is 14.3. The maximum Gasteiger partial charge on any atom is 0.268 e. The van der Waals surface area contributed by atoms with Crippen molar-refractivity contribution in [3.8, 4) is 0 Å². The summed E-state index contributed by atoms with van der Waals surface area (Å²) in [5.74, 6) is 0.159. The molecule has 25 heavy (non-hydrogen) atoms. The predicted molar refractivity (Wildman–Crippen MR) is 94.4 cm³/mol. The van der Waals surface area contributed by atoms with Crippen LogP contribution in [-0.4, -0.2) is 35.8 Å². The number of carbonyl (C=O) groups excluding carboxylic acids is 1. The number of ether oxygens (including phenoxy) is 1. The minimum absolute atomic E-state index is 0.0468. The summed E-state index contributed by atoms with van der Waals surface area (Å²) in [7, 11) is 1.63. The molecule has 6 heteroatoms. The van der Waals surface area contributed by atoms with Crippen LogP contribution in [0, 0.1) is 0 Å². The van der Waals surface area contributed by atoms with Crippen molar-refractivity contribution in [3.05, 3.63) is 60.2 Å². The highest BCUT2D eigenvalue weighted by atomic mass is 16.5. The van der Waals surface area contributed by atoms with E-state index in [2.05, 4.69) is 5.32 Å². The lowest BCUT2D eigenvalue weighted by atomic mass is 10.0. The van der Waals surface area contributed by atoms with Gasteiger partial charge in [0.1, 0.15) is 17.1 Å². The number of nitrogens with one attached hydrogen (secondary N) is 1. The van der Waals surface area contributed by atoms with Gasteiger partial charge in [-0.15, -0.1) is 0 Å². The monoisotopic (exact) mass is 342 g/mol. The summed E-state index contributed by atoms with van der Waals surface area (Å²) in [5.41, 5.74) is 0.235. The number of rotatable bonds is 7. The lowest BCUT2D eigenvalue weighted by Gasteiger charge is -2.21. The Morgan fingerprint density at radius 3 is 2.84 bits per heavy atom. The van der Waals surface area contributed by atoms with Gasteiger partial charge < -0.3 is 24.1 Å². The van der Waals surface area contributed by atoms with Gasteiger partial charge in [-0.2, -0.15) is 0 Å². The van der Waals surface area contributed by atoms with Gasteiger partial charge in [0.2, 0.25) is 0 Å². The van der Waals surface area contributed by atoms with E-state index in [4.69, 9.17) is 9.15 Å². The molecule has 132 valence electrons. The molecule has 1 unspecified atom stereocenters. The van der Waals surface area contributed by atoms with Gasteiger partial charge >= 0.3 is 0 Å². The topological polar surface area (TPSA) is 76.6 Å². The molecule has 1 aromatic carbocycles. The molecule has 0 aliphatic heterocycles. The number of hydrogen-bond donors (Lipinski definition) is 2. The SMILES string of the molecule is COCCn1c(C(=O)NCC(C)(O)c2ccco2)cc2ccccc21. The summed E-state index contributed by atoms with van der Waals surface area (Å²) in [6.45, 7) is 2.72. The van der Waals surface area contributed by atoms with Crippen LogP contribution in [0.1, 0.15) is 23.2 Å². The first-order chi connectivity index (χ1) is 12.0. The number of nitrogens with zero attached hydrogens (tertiary/aromatic N) is 1. The molecule has 6 nitrogen and oxygen atoms in total. The molecule has 3 aromatic rings. The lowest BCUT2D eigenvalue weighted by molar-refractivity contribution is 0.0328. The number of hydrogen-bond acceptors (Lipinski definition) is 4. The largest absolute Gasteiger partial charge is 0.466 e. The van der Waals surface area contributed by atoms with Gasteiger partial charge in [-0.1, -0.05) is 18.2 Å². The molecule has 2 N–H and O–H groups in total. The molecule has 2 aromatic heterocycles. The van der Waals surface area contributed by atoms with Crippen LogP contribution in [0.25, 0.3) is 10.9 Å². The zero-order valence-electron chi connectivity index (χ0n) is 14.4. The average molecular weight is 342 g/mol. The first kappa shape index (κ1) is 17.3. The second-order valence-electron chi connectivity index (χ2n) is 6.17. The van der Waals surface area contributed by atoms with Gasteiger partial charge in [-0.25, -0.2) is 0 Å². The Kier molecular flexibility index (Phi) is 4.92. The van der Waals surface area contributed by atoms with Crippen molar-refractivity contribution in [2.24, 2.45) is 0 Å². The van der Waals surface area contributed by atoms with E-state index in [-0.39, 0.29) is 12.5 Å². The molecule has 0 aliphatic rings. The molecular formula is C19H22N2O4. The Morgan fingerprint density at radius 1 is 1.32 bits per heavy atom. The van der Waals surface area contributed by atoms with E-state index < -0.39 is 5.60 Å². The zero-order chi connectivity index (χ0) is 17.9. The molecule has 2 heterocycles. The molecular weight excluding hydrogens is 320 g/mol. The third-order valence-corrected chi connectivity index (χ3v) is 4.21. The van der Waals surface area contributed by atoms with Crippen LogP contribution in [0.2, 0.25) is 0 Å². The third kappa shape index (κ3) is 3.60. The van der Waals surface area contributed by atoms with Crippen LogP contribution in [0.5, 0.6) is 0 Å². The highest BCUT2D eigenvalue weighted by Crippen LogP contribution is 2.22. The van der Waals surface area contributed by atoms with E-state index in [1.807, 2.05) is 34.9 Å². The molecule has 0 radical (unpaired) electrons. The van der Waals surface area contributed by atoms with E-state index in [1.54, 1.807) is 26.2 Å². The van der Waals surface area contributed by atoms with Gasteiger partial charge in [-0.3, -0.25) is 4.79 Å². The Hall–Kier alpha value is -2.57. The van der Waals surface area contributed by atoms with Gasteiger partial charge in [0, 0.05) is 24.6 Å². The third-order valence-electron chi connectivity index (χ3n) is 4.21. The van der Waals surface area contributed by atoms with Crippen LogP contribution in [0.15, 0.2) is 53.1 Å². The smallest absolute Gasteiger partial charge is 0.268 e. The van der Waals surface area contributed by atoms with E-state index >= 15 is 0 Å². The Morgan fingerprint density at radius 2 is 2.12 bits per heavy atom. The number of carbonyl (C=O) groups is 1. The summed E-state index contributed by atoms with van der Waals surface area (Å²) in [6.07, 6.45) is 1.49. The lowest BCUT2D eigenvalue weighted by Crippen LogP contribution is -2.39. The second-order valence-corrected chi connectivity index (χ2v) is 6.17. The van der Waals surface area contributed by atoms with Crippen LogP contribution in [0.4, 0.5) is 0 Å². The van der Waals surface area contributed by atoms with Gasteiger partial charge in [0.05, 0.1) is 19.4 Å². The van der Waals surface area contributed by atoms with E-state index in [0.717, 1.165) is 10.9 Å². The van der Waals surface area contributed by atoms with Crippen LogP contribution in [0.3, 0.4) is 0 Å². The van der Waals surface area contributed by atoms with Crippen LogP contribution >= 0.6 is 0 Å². The molecule has 0 bridgehead atoms. The summed E-state index contributed by atoms with van der Waals surface area (Å²) in [6, 6.07) is 13.1. The molecule has 3 rings (SSSR count). The number of aliphatic hydroxyl groups is 1. The Labute approximate surface area is 146 Å². The normalized spacial score (nSPS) is 13.7. The molecule has 0 spiro atoms. The number of furan rings is 1. The van der Waals surface area contributed by atoms with Gasteiger partial charge in [0.25, 0.3) is 5.91 Å². The Balaban J connectivity index is 1.82. The van der Waals surface area contributed by atoms with Crippen LogP contribution < -0.4 is 5.32 Å². The first-order valence-corrected chi connectivity index (χ1v) is 8.15. The van der Waals surface area contributed by atoms with Crippen molar-refractivity contribution >= 4 is 16.8 Å². The van der Waals surface area contributed by atoms with Gasteiger partial charge in [-0.05, 0) is 31.2 Å². The van der Waals surface area contributed by atoms with Crippen molar-refractivity contribution in [1.29, 1.82) is 0 Å². The average Bonchev–Trinajstić information content (AvgIpc) is 3.26. The Bertz CT molecular complexity index is 850. The minimum atomic E-state index is -1.28. The van der Waals surface area contributed by atoms with Crippen molar-refractivity contribution in [2.75, 3.05) is 20.3 Å². The quantitative estimate of drug-likeness (QED) is 0.692. The number of fused-ring (bicyclic) bond motifs is 1. The summed E-state index contributed by atoms with van der Waals surface area (Å²) in [4.78, 5) is 12.7. The molecule has 1 atom stereocenters. The van der Waals surface area contributed by atoms with Crippen molar-refractivity contribution < 1.29 is 19.1 Å². The number of aromatic nitrogens is 1. The highest BCUT2D eigenvalue weighted by molar-refractivity contribution is 5.98. The van der Waals surface area contributed by atoms with E-state index in [1.165, 1.54) is 6.26 Å². The fourth-order valence-electron chi connectivity index (χ4n) is 2.84. The van der Waals surface area contributed by atoms with Crippen molar-refractivity contribution in [2.45, 2.75) is 19.1 Å². The standard InChI is InChI=1S/C19H22N2O4/c1-19(23,17-8-5-10-25-17)13-20-18(22)16-12-14-6-3-4-7-15(14)21(16)9-11-24-2/h3-8,10,12,23H,9,11,13H2,1-2H3,(H,20,22). The highest BCUT2D eigenvalue weighted by Gasteiger charge is 2.27. The molecule has 1 amide bonds. The number of methoxy groups -OCH3 is 1. The molecule has 0 saturated carbocycles. The van der Waals surface area contributed by atoms with E-state index in [9.17, 15) is 9.90 Å². The summed E-state index contributed by atoms with van der Waals surface area (Å²) < 4.78 is 12.3. The molecule has 0 aliphatic carbocycles. The predicted octanol–water partition coefficient (Wildman–Crippen LogP) is 2.52. The van der Waals surface area contributed by atoms with Crippen LogP contribution in [-0.2, 0) is 16.9 Å². The van der Waals surface area contributed by atoms with Gasteiger partial charge in [0.15, 0.2) is 0 Å². The fourth-order valence-corrected chi connectivity index (χ4v) is 2.84. The molecule has 0 saturated heterocycles. The number of para-hydroxylation sites is 1. The number of amides is 1. The molecule has 0 fully saturated rings. The van der Waals surface area contributed by atoms with Crippen molar-refractivity contribution in [1.82, 2.24) is 9.88 Å². The maximum absolute atomic E-state index is 12.7.